The lowest BCUT2D eigenvalue weighted by molar-refractivity contribution is 0.357. The predicted molar refractivity (Wildman–Crippen MR) is 93.4 cm³/mol. The van der Waals surface area contributed by atoms with Crippen molar-refractivity contribution in [2.75, 3.05) is 13.7 Å². The van der Waals surface area contributed by atoms with E-state index in [0.717, 1.165) is 23.2 Å². The van der Waals surface area contributed by atoms with E-state index in [1.165, 1.54) is 20.3 Å². The average molecular weight is 444 g/mol. The van der Waals surface area contributed by atoms with Crippen molar-refractivity contribution in [1.29, 1.82) is 0 Å². The van der Waals surface area contributed by atoms with E-state index in [0.29, 0.717) is 0 Å². The molecule has 2 nitrogen and oxygen atoms in total. The largest absolute Gasteiger partial charge is 0.493 e. The van der Waals surface area contributed by atoms with Crippen molar-refractivity contribution in [1.82, 2.24) is 5.32 Å². The first kappa shape index (κ1) is 14.4. The van der Waals surface area contributed by atoms with Crippen LogP contribution >= 0.6 is 38.5 Å². The number of benzene rings is 2. The standard InChI is InChI=1S/C16H15BrINO/c1-19-16(13-9-12(17)3-4-14(13)18)11-2-5-15-10(8-11)6-7-20-15/h2-5,8-9,16,19H,6-7H2,1H3. The molecule has 104 valence electrons. The van der Waals surface area contributed by atoms with Gasteiger partial charge in [-0.05, 0) is 70.6 Å². The molecule has 0 amide bonds. The molecule has 20 heavy (non-hydrogen) atoms. The lowest BCUT2D eigenvalue weighted by Gasteiger charge is -2.20. The van der Waals surface area contributed by atoms with E-state index in [4.69, 9.17) is 4.74 Å². The van der Waals surface area contributed by atoms with Crippen molar-refractivity contribution in [3.8, 4) is 5.75 Å². The number of hydrogen-bond donors (Lipinski definition) is 1. The highest BCUT2D eigenvalue weighted by molar-refractivity contribution is 14.1. The van der Waals surface area contributed by atoms with Crippen LogP contribution in [0.3, 0.4) is 0 Å². The summed E-state index contributed by atoms with van der Waals surface area (Å²) in [5, 5.41) is 3.43. The molecule has 1 unspecified atom stereocenters. The second-order valence-electron chi connectivity index (χ2n) is 4.85. The molecule has 1 N–H and O–H groups in total. The van der Waals surface area contributed by atoms with E-state index in [2.05, 4.69) is 80.2 Å². The van der Waals surface area contributed by atoms with Gasteiger partial charge in [0.25, 0.3) is 0 Å². The zero-order valence-electron chi connectivity index (χ0n) is 11.1. The molecule has 0 fully saturated rings. The molecule has 2 aromatic carbocycles. The summed E-state index contributed by atoms with van der Waals surface area (Å²) in [5.74, 6) is 1.03. The van der Waals surface area contributed by atoms with E-state index < -0.39 is 0 Å². The Balaban J connectivity index is 2.03. The third kappa shape index (κ3) is 2.73. The molecular formula is C16H15BrINO. The van der Waals surface area contributed by atoms with Crippen molar-refractivity contribution in [3.63, 3.8) is 0 Å². The summed E-state index contributed by atoms with van der Waals surface area (Å²) < 4.78 is 7.96. The molecule has 0 saturated carbocycles. The zero-order chi connectivity index (χ0) is 14.1. The van der Waals surface area contributed by atoms with Gasteiger partial charge in [0, 0.05) is 14.5 Å². The molecule has 1 aliphatic heterocycles. The number of halogens is 2. The van der Waals surface area contributed by atoms with Crippen LogP contribution in [0.15, 0.2) is 40.9 Å². The third-order valence-corrected chi connectivity index (χ3v) is 5.08. The predicted octanol–water partition coefficient (Wildman–Crippen LogP) is 4.30. The SMILES string of the molecule is CNC(c1ccc2c(c1)CCO2)c1cc(Br)ccc1I. The lowest BCUT2D eigenvalue weighted by atomic mass is 9.96. The quantitative estimate of drug-likeness (QED) is 0.714. The maximum Gasteiger partial charge on any atom is 0.122 e. The van der Waals surface area contributed by atoms with Crippen molar-refractivity contribution in [3.05, 3.63) is 61.1 Å². The van der Waals surface area contributed by atoms with Crippen LogP contribution in [0.1, 0.15) is 22.7 Å². The van der Waals surface area contributed by atoms with Gasteiger partial charge in [-0.15, -0.1) is 0 Å². The van der Waals surface area contributed by atoms with E-state index in [-0.39, 0.29) is 6.04 Å². The lowest BCUT2D eigenvalue weighted by Crippen LogP contribution is -2.19. The van der Waals surface area contributed by atoms with Gasteiger partial charge in [-0.1, -0.05) is 28.1 Å². The van der Waals surface area contributed by atoms with Gasteiger partial charge in [0.05, 0.1) is 12.6 Å². The van der Waals surface area contributed by atoms with Crippen LogP contribution in [-0.2, 0) is 6.42 Å². The zero-order valence-corrected chi connectivity index (χ0v) is 14.9. The maximum atomic E-state index is 5.59. The molecule has 0 spiro atoms. The summed E-state index contributed by atoms with van der Waals surface area (Å²) in [5.41, 5.74) is 3.89. The maximum absolute atomic E-state index is 5.59. The molecular weight excluding hydrogens is 429 g/mol. The Morgan fingerprint density at radius 3 is 2.90 bits per heavy atom. The second-order valence-corrected chi connectivity index (χ2v) is 6.93. The number of nitrogens with one attached hydrogen (secondary N) is 1. The fourth-order valence-corrected chi connectivity index (χ4v) is 3.65. The molecule has 0 radical (unpaired) electrons. The number of ether oxygens (including phenoxy) is 1. The highest BCUT2D eigenvalue weighted by Crippen LogP contribution is 2.33. The Kier molecular flexibility index (Phi) is 4.33. The smallest absolute Gasteiger partial charge is 0.122 e. The highest BCUT2D eigenvalue weighted by Gasteiger charge is 2.19. The van der Waals surface area contributed by atoms with E-state index >= 15 is 0 Å². The Morgan fingerprint density at radius 1 is 1.25 bits per heavy atom. The molecule has 1 atom stereocenters. The van der Waals surface area contributed by atoms with Gasteiger partial charge >= 0.3 is 0 Å². The normalized spacial score (nSPS) is 14.8. The summed E-state index contributed by atoms with van der Waals surface area (Å²) in [6, 6.07) is 13.1. The van der Waals surface area contributed by atoms with Crippen LogP contribution in [0.2, 0.25) is 0 Å². The van der Waals surface area contributed by atoms with Crippen molar-refractivity contribution >= 4 is 38.5 Å². The topological polar surface area (TPSA) is 21.3 Å². The van der Waals surface area contributed by atoms with E-state index in [9.17, 15) is 0 Å². The van der Waals surface area contributed by atoms with Gasteiger partial charge in [0.1, 0.15) is 5.75 Å². The van der Waals surface area contributed by atoms with Crippen LogP contribution in [-0.4, -0.2) is 13.7 Å². The minimum absolute atomic E-state index is 0.199. The molecule has 3 rings (SSSR count). The molecule has 2 aromatic rings. The molecule has 4 heteroatoms. The first-order chi connectivity index (χ1) is 9.69. The van der Waals surface area contributed by atoms with Gasteiger partial charge in [0.15, 0.2) is 0 Å². The minimum atomic E-state index is 0.199. The van der Waals surface area contributed by atoms with Crippen molar-refractivity contribution in [2.24, 2.45) is 0 Å². The van der Waals surface area contributed by atoms with Gasteiger partial charge in [-0.25, -0.2) is 0 Å². The second kappa shape index (κ2) is 6.03. The van der Waals surface area contributed by atoms with Gasteiger partial charge in [-0.2, -0.15) is 0 Å². The van der Waals surface area contributed by atoms with Gasteiger partial charge in [0.2, 0.25) is 0 Å². The number of rotatable bonds is 3. The first-order valence-electron chi connectivity index (χ1n) is 6.57. The fourth-order valence-electron chi connectivity index (χ4n) is 2.62. The minimum Gasteiger partial charge on any atom is -0.493 e. The van der Waals surface area contributed by atoms with Crippen molar-refractivity contribution < 1.29 is 4.74 Å². The molecule has 0 saturated heterocycles. The van der Waals surface area contributed by atoms with Crippen LogP contribution in [0.25, 0.3) is 0 Å². The summed E-state index contributed by atoms with van der Waals surface area (Å²) in [6.45, 7) is 0.803. The Morgan fingerprint density at radius 2 is 2.10 bits per heavy atom. The molecule has 0 bridgehead atoms. The Hall–Kier alpha value is -0.590. The van der Waals surface area contributed by atoms with E-state index in [1.54, 1.807) is 0 Å². The summed E-state index contributed by atoms with van der Waals surface area (Å²) in [4.78, 5) is 0. The van der Waals surface area contributed by atoms with Gasteiger partial charge < -0.3 is 10.1 Å². The number of fused-ring (bicyclic) bond motifs is 1. The summed E-state index contributed by atoms with van der Waals surface area (Å²) in [7, 11) is 2.01. The van der Waals surface area contributed by atoms with Crippen LogP contribution in [0.5, 0.6) is 5.75 Å². The average Bonchev–Trinajstić information content (AvgIpc) is 2.91. The van der Waals surface area contributed by atoms with Gasteiger partial charge in [-0.3, -0.25) is 0 Å². The Bertz CT molecular complexity index is 644. The number of hydrogen-bond acceptors (Lipinski definition) is 2. The third-order valence-electron chi connectivity index (χ3n) is 3.60. The molecule has 0 aliphatic carbocycles. The van der Waals surface area contributed by atoms with Crippen LogP contribution < -0.4 is 10.1 Å². The van der Waals surface area contributed by atoms with Crippen molar-refractivity contribution in [2.45, 2.75) is 12.5 Å². The fraction of sp³-hybridized carbons (Fsp3) is 0.250. The Labute approximate surface area is 141 Å². The molecule has 1 aliphatic rings. The highest BCUT2D eigenvalue weighted by atomic mass is 127. The van der Waals surface area contributed by atoms with Crippen LogP contribution in [0.4, 0.5) is 0 Å². The summed E-state index contributed by atoms with van der Waals surface area (Å²) in [6.07, 6.45) is 1.01. The summed E-state index contributed by atoms with van der Waals surface area (Å²) >= 11 is 5.96. The molecule has 1 heterocycles. The molecule has 0 aromatic heterocycles. The van der Waals surface area contributed by atoms with E-state index in [1.807, 2.05) is 7.05 Å². The van der Waals surface area contributed by atoms with Crippen LogP contribution in [0, 0.1) is 3.57 Å². The monoisotopic (exact) mass is 443 g/mol. The first-order valence-corrected chi connectivity index (χ1v) is 8.44.